The van der Waals surface area contributed by atoms with Crippen LogP contribution in [0.1, 0.15) is 40.0 Å². The van der Waals surface area contributed by atoms with Crippen molar-refractivity contribution in [1.29, 1.82) is 0 Å². The largest absolute Gasteiger partial charge is 0.374 e. The average molecular weight is 241 g/mol. The van der Waals surface area contributed by atoms with E-state index in [4.69, 9.17) is 4.74 Å². The molecule has 0 spiro atoms. The molecule has 0 bridgehead atoms. The van der Waals surface area contributed by atoms with Crippen molar-refractivity contribution in [2.24, 2.45) is 5.92 Å². The van der Waals surface area contributed by atoms with E-state index in [0.717, 1.165) is 37.3 Å². The molecule has 1 heterocycles. The summed E-state index contributed by atoms with van der Waals surface area (Å²) in [5.41, 5.74) is 0.916. The molecule has 2 nitrogen and oxygen atoms in total. The summed E-state index contributed by atoms with van der Waals surface area (Å²) >= 11 is 0. The summed E-state index contributed by atoms with van der Waals surface area (Å²) in [7, 11) is 0. The molecule has 98 valence electrons. The highest BCUT2D eigenvalue weighted by Crippen LogP contribution is 2.35. The normalized spacial score (nSPS) is 30.4. The summed E-state index contributed by atoms with van der Waals surface area (Å²) in [6.45, 7) is 8.25. The molecular weight excluding hydrogens is 217 g/mol. The van der Waals surface area contributed by atoms with Crippen LogP contribution in [0.3, 0.4) is 0 Å². The van der Waals surface area contributed by atoms with Gasteiger partial charge in [-0.3, -0.25) is 4.90 Å². The van der Waals surface area contributed by atoms with Gasteiger partial charge in [-0.2, -0.15) is 0 Å². The number of hydrogen-bond acceptors (Lipinski definition) is 2. The SMILES string of the molecule is CC(C)O[C@@H](C)[C@@H]1/C(=C\F)CCN1CC1CC1. The number of halogens is 1. The van der Waals surface area contributed by atoms with Gasteiger partial charge in [-0.25, -0.2) is 4.39 Å². The third kappa shape index (κ3) is 3.29. The molecule has 0 radical (unpaired) electrons. The minimum atomic E-state index is 0.0817. The second-order valence-corrected chi connectivity index (χ2v) is 5.71. The zero-order chi connectivity index (χ0) is 12.4. The summed E-state index contributed by atoms with van der Waals surface area (Å²) in [5, 5.41) is 0. The van der Waals surface area contributed by atoms with Crippen molar-refractivity contribution < 1.29 is 9.13 Å². The average Bonchev–Trinajstić information content (AvgIpc) is 2.95. The Balaban J connectivity index is 2.00. The van der Waals surface area contributed by atoms with Gasteiger partial charge >= 0.3 is 0 Å². The number of nitrogens with zero attached hydrogens (tertiary/aromatic N) is 1. The summed E-state index contributed by atoms with van der Waals surface area (Å²) in [6, 6.07) is 0.156. The zero-order valence-corrected chi connectivity index (χ0v) is 11.2. The lowest BCUT2D eigenvalue weighted by molar-refractivity contribution is -0.0179. The Bertz CT molecular complexity index is 286. The molecule has 1 saturated carbocycles. The van der Waals surface area contributed by atoms with E-state index in [-0.39, 0.29) is 18.2 Å². The van der Waals surface area contributed by atoms with Gasteiger partial charge in [0.05, 0.1) is 24.6 Å². The highest BCUT2D eigenvalue weighted by molar-refractivity contribution is 5.17. The lowest BCUT2D eigenvalue weighted by atomic mass is 10.0. The van der Waals surface area contributed by atoms with Crippen LogP contribution in [-0.2, 0) is 4.74 Å². The number of ether oxygens (including phenoxy) is 1. The van der Waals surface area contributed by atoms with Gasteiger partial charge in [-0.1, -0.05) is 0 Å². The molecule has 3 heteroatoms. The maximum absolute atomic E-state index is 12.9. The molecule has 0 aromatic carbocycles. The van der Waals surface area contributed by atoms with E-state index >= 15 is 0 Å². The van der Waals surface area contributed by atoms with Crippen LogP contribution in [0.15, 0.2) is 11.9 Å². The van der Waals surface area contributed by atoms with Crippen LogP contribution >= 0.6 is 0 Å². The van der Waals surface area contributed by atoms with Gasteiger partial charge in [0.15, 0.2) is 0 Å². The monoisotopic (exact) mass is 241 g/mol. The maximum Gasteiger partial charge on any atom is 0.0876 e. The van der Waals surface area contributed by atoms with Gasteiger partial charge in [-0.15, -0.1) is 0 Å². The van der Waals surface area contributed by atoms with E-state index in [0.29, 0.717) is 0 Å². The Kier molecular flexibility index (Phi) is 4.21. The van der Waals surface area contributed by atoms with E-state index in [9.17, 15) is 4.39 Å². The van der Waals surface area contributed by atoms with Gasteiger partial charge < -0.3 is 4.74 Å². The van der Waals surface area contributed by atoms with Gasteiger partial charge in [0, 0.05) is 13.1 Å². The van der Waals surface area contributed by atoms with Crippen LogP contribution < -0.4 is 0 Å². The highest BCUT2D eigenvalue weighted by atomic mass is 19.1. The molecule has 0 aromatic rings. The maximum atomic E-state index is 12.9. The van der Waals surface area contributed by atoms with Crippen LogP contribution in [0.2, 0.25) is 0 Å². The summed E-state index contributed by atoms with van der Waals surface area (Å²) < 4.78 is 18.8. The second-order valence-electron chi connectivity index (χ2n) is 5.71. The van der Waals surface area contributed by atoms with Crippen LogP contribution in [-0.4, -0.2) is 36.2 Å². The summed E-state index contributed by atoms with van der Waals surface area (Å²) in [6.07, 6.45) is 4.64. The van der Waals surface area contributed by atoms with Crippen LogP contribution in [0, 0.1) is 5.92 Å². The Hall–Kier alpha value is -0.410. The minimum absolute atomic E-state index is 0.0817. The van der Waals surface area contributed by atoms with Gasteiger partial charge in [0.1, 0.15) is 0 Å². The lowest BCUT2D eigenvalue weighted by Crippen LogP contribution is -2.41. The molecule has 2 rings (SSSR count). The molecule has 2 aliphatic rings. The fourth-order valence-electron chi connectivity index (χ4n) is 2.85. The van der Waals surface area contributed by atoms with E-state index in [1.54, 1.807) is 0 Å². The highest BCUT2D eigenvalue weighted by Gasteiger charge is 2.37. The lowest BCUT2D eigenvalue weighted by Gasteiger charge is -2.31. The predicted octanol–water partition coefficient (Wildman–Crippen LogP) is 3.14. The van der Waals surface area contributed by atoms with Crippen molar-refractivity contribution in [3.05, 3.63) is 11.9 Å². The molecule has 0 unspecified atom stereocenters. The van der Waals surface area contributed by atoms with Crippen molar-refractivity contribution in [2.75, 3.05) is 13.1 Å². The Morgan fingerprint density at radius 1 is 1.41 bits per heavy atom. The molecule has 1 aliphatic carbocycles. The topological polar surface area (TPSA) is 12.5 Å². The molecule has 2 atom stereocenters. The molecule has 0 aromatic heterocycles. The van der Waals surface area contributed by atoms with Crippen molar-refractivity contribution >= 4 is 0 Å². The first-order valence-corrected chi connectivity index (χ1v) is 6.80. The number of rotatable bonds is 5. The number of likely N-dealkylation sites (tertiary alicyclic amines) is 1. The molecule has 17 heavy (non-hydrogen) atoms. The third-order valence-corrected chi connectivity index (χ3v) is 3.72. The Morgan fingerprint density at radius 3 is 2.65 bits per heavy atom. The smallest absolute Gasteiger partial charge is 0.0876 e. The standard InChI is InChI=1S/C14H24FNO/c1-10(2)17-11(3)14-13(8-15)6-7-16(14)9-12-4-5-12/h8,10-12,14H,4-7,9H2,1-3H3/b13-8-/t11-,14+/m0/s1. The number of hydrogen-bond donors (Lipinski definition) is 0. The fourth-order valence-corrected chi connectivity index (χ4v) is 2.85. The van der Waals surface area contributed by atoms with Crippen molar-refractivity contribution in [3.63, 3.8) is 0 Å². The molecule has 1 saturated heterocycles. The fraction of sp³-hybridized carbons (Fsp3) is 0.857. The molecule has 0 N–H and O–H groups in total. The Morgan fingerprint density at radius 2 is 2.12 bits per heavy atom. The quantitative estimate of drug-likeness (QED) is 0.733. The minimum Gasteiger partial charge on any atom is -0.374 e. The molecule has 0 amide bonds. The summed E-state index contributed by atoms with van der Waals surface area (Å²) in [5.74, 6) is 0.850. The van der Waals surface area contributed by atoms with E-state index in [2.05, 4.69) is 11.8 Å². The Labute approximate surface area is 104 Å². The molecule has 1 aliphatic heterocycles. The van der Waals surface area contributed by atoms with Gasteiger partial charge in [0.25, 0.3) is 0 Å². The molecule has 2 fully saturated rings. The first kappa shape index (κ1) is 13.0. The molecular formula is C14H24FNO. The van der Waals surface area contributed by atoms with Crippen molar-refractivity contribution in [3.8, 4) is 0 Å². The predicted molar refractivity (Wildman–Crippen MR) is 67.6 cm³/mol. The van der Waals surface area contributed by atoms with E-state index < -0.39 is 0 Å². The van der Waals surface area contributed by atoms with Gasteiger partial charge in [-0.05, 0) is 51.5 Å². The zero-order valence-electron chi connectivity index (χ0n) is 11.2. The van der Waals surface area contributed by atoms with Crippen molar-refractivity contribution in [2.45, 2.75) is 58.3 Å². The van der Waals surface area contributed by atoms with E-state index in [1.807, 2.05) is 13.8 Å². The van der Waals surface area contributed by atoms with Crippen molar-refractivity contribution in [1.82, 2.24) is 4.90 Å². The van der Waals surface area contributed by atoms with Gasteiger partial charge in [0.2, 0.25) is 0 Å². The van der Waals surface area contributed by atoms with Crippen LogP contribution in [0.5, 0.6) is 0 Å². The summed E-state index contributed by atoms with van der Waals surface area (Å²) in [4.78, 5) is 2.41. The van der Waals surface area contributed by atoms with Crippen LogP contribution in [0.4, 0.5) is 4.39 Å². The van der Waals surface area contributed by atoms with E-state index in [1.165, 1.54) is 12.8 Å². The second kappa shape index (κ2) is 5.49. The first-order valence-electron chi connectivity index (χ1n) is 6.80. The first-order chi connectivity index (χ1) is 8.11. The van der Waals surface area contributed by atoms with Crippen LogP contribution in [0.25, 0.3) is 0 Å². The third-order valence-electron chi connectivity index (χ3n) is 3.72.